The van der Waals surface area contributed by atoms with Gasteiger partial charge in [-0.2, -0.15) is 0 Å². The molecule has 118 valence electrons. The third-order valence-corrected chi connectivity index (χ3v) is 6.71. The van der Waals surface area contributed by atoms with Crippen molar-refractivity contribution in [1.82, 2.24) is 0 Å². The van der Waals surface area contributed by atoms with Crippen molar-refractivity contribution >= 4 is 22.7 Å². The van der Waals surface area contributed by atoms with E-state index in [1.807, 2.05) is 22.7 Å². The largest absolute Gasteiger partial charge is 0.134 e. The van der Waals surface area contributed by atoms with Crippen LogP contribution in [-0.2, 0) is 0 Å². The number of rotatable bonds is 3. The molecule has 0 atom stereocenters. The molecule has 0 fully saturated rings. The highest BCUT2D eigenvalue weighted by atomic mass is 32.1. The molecule has 0 amide bonds. The molecule has 0 nitrogen and oxygen atoms in total. The molecule has 0 radical (unpaired) electrons. The van der Waals surface area contributed by atoms with Crippen molar-refractivity contribution < 1.29 is 0 Å². The Morgan fingerprint density at radius 3 is 1.25 bits per heavy atom. The topological polar surface area (TPSA) is 0 Å². The van der Waals surface area contributed by atoms with Gasteiger partial charge in [0.15, 0.2) is 0 Å². The number of thiophene rings is 2. The molecule has 2 heterocycles. The van der Waals surface area contributed by atoms with Gasteiger partial charge in [0.1, 0.15) is 0 Å². The predicted octanol–water partition coefficient (Wildman–Crippen LogP) is 7.43. The first-order valence-corrected chi connectivity index (χ1v) is 9.68. The van der Waals surface area contributed by atoms with Crippen LogP contribution in [0.1, 0.15) is 11.1 Å². The van der Waals surface area contributed by atoms with Gasteiger partial charge in [0.05, 0.1) is 0 Å². The van der Waals surface area contributed by atoms with Gasteiger partial charge in [-0.1, -0.05) is 48.5 Å². The summed E-state index contributed by atoms with van der Waals surface area (Å²) >= 11 is 3.75. The van der Waals surface area contributed by atoms with Crippen LogP contribution in [0.15, 0.2) is 72.8 Å². The van der Waals surface area contributed by atoms with Gasteiger partial charge >= 0.3 is 0 Å². The van der Waals surface area contributed by atoms with Gasteiger partial charge in [-0.3, -0.25) is 0 Å². The minimum absolute atomic E-state index is 1.33. The van der Waals surface area contributed by atoms with Gasteiger partial charge in [0, 0.05) is 19.5 Å². The fourth-order valence-corrected chi connectivity index (χ4v) is 5.21. The van der Waals surface area contributed by atoms with E-state index in [4.69, 9.17) is 0 Å². The maximum Gasteiger partial charge on any atom is 0.0449 e. The highest BCUT2D eigenvalue weighted by Crippen LogP contribution is 2.41. The molecule has 0 saturated heterocycles. The highest BCUT2D eigenvalue weighted by molar-refractivity contribution is 7.25. The maximum atomic E-state index is 2.25. The molecule has 0 bridgehead atoms. The quantitative estimate of drug-likeness (QED) is 0.362. The molecule has 0 aliphatic rings. The molecule has 2 heteroatoms. The lowest BCUT2D eigenvalue weighted by atomic mass is 10.1. The Morgan fingerprint density at radius 1 is 0.458 bits per heavy atom. The molecule has 2 aromatic heterocycles. The van der Waals surface area contributed by atoms with Crippen molar-refractivity contribution in [2.24, 2.45) is 0 Å². The van der Waals surface area contributed by atoms with Gasteiger partial charge in [-0.25, -0.2) is 0 Å². The van der Waals surface area contributed by atoms with Crippen molar-refractivity contribution in [1.29, 1.82) is 0 Å². The number of hydrogen-bond acceptors (Lipinski definition) is 2. The maximum absolute atomic E-state index is 2.25. The number of aryl methyl sites for hydroxylation is 2. The summed E-state index contributed by atoms with van der Waals surface area (Å²) in [5.41, 5.74) is 5.34. The predicted molar refractivity (Wildman–Crippen MR) is 108 cm³/mol. The second kappa shape index (κ2) is 6.39. The van der Waals surface area contributed by atoms with Gasteiger partial charge in [0.25, 0.3) is 0 Å². The van der Waals surface area contributed by atoms with E-state index in [1.54, 1.807) is 0 Å². The van der Waals surface area contributed by atoms with Crippen molar-refractivity contribution in [3.63, 3.8) is 0 Å². The molecule has 0 aliphatic heterocycles. The molecule has 0 unspecified atom stereocenters. The number of benzene rings is 2. The smallest absolute Gasteiger partial charge is 0.0449 e. The molecule has 0 aliphatic carbocycles. The van der Waals surface area contributed by atoms with E-state index < -0.39 is 0 Å². The first kappa shape index (κ1) is 15.4. The van der Waals surface area contributed by atoms with E-state index in [2.05, 4.69) is 86.6 Å². The Balaban J connectivity index is 1.69. The Bertz CT molecular complexity index is 907. The summed E-state index contributed by atoms with van der Waals surface area (Å²) < 4.78 is 0. The fourth-order valence-electron chi connectivity index (χ4n) is 2.93. The standard InChI is InChI=1S/C22H18S2/c1-15-7-3-5-9-17(15)19-11-13-21(23-19)22-14-12-20(24-22)18-10-6-4-8-16(18)2/h3-14H,1-2H3. The Kier molecular flexibility index (Phi) is 4.09. The van der Waals surface area contributed by atoms with E-state index in [9.17, 15) is 0 Å². The minimum Gasteiger partial charge on any atom is -0.134 e. The number of hydrogen-bond donors (Lipinski definition) is 0. The molecule has 24 heavy (non-hydrogen) atoms. The van der Waals surface area contributed by atoms with Crippen LogP contribution in [0, 0.1) is 13.8 Å². The van der Waals surface area contributed by atoms with Crippen LogP contribution in [0.3, 0.4) is 0 Å². The van der Waals surface area contributed by atoms with E-state index in [0.29, 0.717) is 0 Å². The molecular weight excluding hydrogens is 328 g/mol. The average molecular weight is 347 g/mol. The zero-order valence-electron chi connectivity index (χ0n) is 13.7. The summed E-state index contributed by atoms with van der Waals surface area (Å²) in [6.07, 6.45) is 0. The van der Waals surface area contributed by atoms with Crippen LogP contribution >= 0.6 is 22.7 Å². The molecule has 4 rings (SSSR count). The molecule has 0 saturated carbocycles. The summed E-state index contributed by atoms with van der Waals surface area (Å²) in [5, 5.41) is 0. The third kappa shape index (κ3) is 2.83. The molecule has 0 spiro atoms. The van der Waals surface area contributed by atoms with Crippen LogP contribution in [0.5, 0.6) is 0 Å². The van der Waals surface area contributed by atoms with Crippen LogP contribution in [0.2, 0.25) is 0 Å². The van der Waals surface area contributed by atoms with Crippen LogP contribution in [0.4, 0.5) is 0 Å². The lowest BCUT2D eigenvalue weighted by molar-refractivity contribution is 1.48. The van der Waals surface area contributed by atoms with Crippen molar-refractivity contribution in [3.05, 3.63) is 83.9 Å². The van der Waals surface area contributed by atoms with E-state index in [1.165, 1.54) is 41.8 Å². The zero-order valence-corrected chi connectivity index (χ0v) is 15.4. The molecule has 2 aromatic carbocycles. The minimum atomic E-state index is 1.33. The van der Waals surface area contributed by atoms with E-state index >= 15 is 0 Å². The summed E-state index contributed by atoms with van der Waals surface area (Å²) in [6, 6.07) is 26.2. The fraction of sp³-hybridized carbons (Fsp3) is 0.0909. The van der Waals surface area contributed by atoms with Crippen LogP contribution in [0.25, 0.3) is 30.6 Å². The zero-order chi connectivity index (χ0) is 16.5. The molecule has 0 N–H and O–H groups in total. The van der Waals surface area contributed by atoms with Crippen LogP contribution < -0.4 is 0 Å². The van der Waals surface area contributed by atoms with Gasteiger partial charge in [-0.15, -0.1) is 22.7 Å². The van der Waals surface area contributed by atoms with E-state index in [0.717, 1.165) is 0 Å². The second-order valence-corrected chi connectivity index (χ2v) is 8.13. The van der Waals surface area contributed by atoms with Gasteiger partial charge in [0.2, 0.25) is 0 Å². The lowest BCUT2D eigenvalue weighted by Gasteiger charge is -2.02. The Hall–Kier alpha value is -2.16. The summed E-state index contributed by atoms with van der Waals surface area (Å²) in [5.74, 6) is 0. The third-order valence-electron chi connectivity index (χ3n) is 4.28. The molecular formula is C22H18S2. The first-order chi connectivity index (χ1) is 11.7. The monoisotopic (exact) mass is 346 g/mol. The Morgan fingerprint density at radius 2 is 0.833 bits per heavy atom. The average Bonchev–Trinajstić information content (AvgIpc) is 3.25. The van der Waals surface area contributed by atoms with Crippen molar-refractivity contribution in [3.8, 4) is 30.6 Å². The highest BCUT2D eigenvalue weighted by Gasteiger charge is 2.10. The van der Waals surface area contributed by atoms with E-state index in [-0.39, 0.29) is 0 Å². The Labute approximate surface area is 151 Å². The molecule has 4 aromatic rings. The van der Waals surface area contributed by atoms with Crippen molar-refractivity contribution in [2.45, 2.75) is 13.8 Å². The normalized spacial score (nSPS) is 10.9. The first-order valence-electron chi connectivity index (χ1n) is 8.04. The summed E-state index contributed by atoms with van der Waals surface area (Å²) in [6.45, 7) is 4.35. The van der Waals surface area contributed by atoms with Gasteiger partial charge in [-0.05, 0) is 60.4 Å². The lowest BCUT2D eigenvalue weighted by Crippen LogP contribution is -1.77. The summed E-state index contributed by atoms with van der Waals surface area (Å²) in [7, 11) is 0. The second-order valence-electron chi connectivity index (χ2n) is 5.96. The van der Waals surface area contributed by atoms with Crippen molar-refractivity contribution in [2.75, 3.05) is 0 Å². The van der Waals surface area contributed by atoms with Crippen LogP contribution in [-0.4, -0.2) is 0 Å². The summed E-state index contributed by atoms with van der Waals surface area (Å²) in [4.78, 5) is 5.37. The SMILES string of the molecule is Cc1ccccc1-c1ccc(-c2ccc(-c3ccccc3C)s2)s1. The van der Waals surface area contributed by atoms with Gasteiger partial charge < -0.3 is 0 Å².